The first-order valence-electron chi connectivity index (χ1n) is 12.3. The summed E-state index contributed by atoms with van der Waals surface area (Å²) in [5.41, 5.74) is 0. The van der Waals surface area contributed by atoms with Crippen molar-refractivity contribution in [2.24, 2.45) is 0 Å². The van der Waals surface area contributed by atoms with E-state index in [0.29, 0.717) is 85.6 Å². The van der Waals surface area contributed by atoms with Gasteiger partial charge in [-0.05, 0) is 25.1 Å². The lowest BCUT2D eigenvalue weighted by atomic mass is 10.3. The van der Waals surface area contributed by atoms with E-state index in [2.05, 4.69) is 12.2 Å². The number of benzene rings is 1. The highest BCUT2D eigenvalue weighted by atomic mass is 16.6. The van der Waals surface area contributed by atoms with Crippen LogP contribution in [-0.2, 0) is 33.2 Å². The van der Waals surface area contributed by atoms with Crippen molar-refractivity contribution >= 4 is 5.97 Å². The number of hydrogen-bond donors (Lipinski definition) is 1. The van der Waals surface area contributed by atoms with E-state index >= 15 is 0 Å². The van der Waals surface area contributed by atoms with Crippen LogP contribution in [0.25, 0.3) is 0 Å². The average molecular weight is 486 g/mol. The van der Waals surface area contributed by atoms with Crippen LogP contribution < -0.4 is 10.1 Å². The molecule has 0 unspecified atom stereocenters. The SMILES string of the molecule is CCCCNCCC(=O)OCCOCCOCCOCCOCCOCCOc1ccccc1. The first kappa shape index (κ1) is 30.3. The standard InChI is InChI=1S/C25H43NO8/c1-2-3-10-26-11-9-25(27)34-23-21-32-19-17-30-15-13-28-12-14-29-16-18-31-20-22-33-24-7-5-4-6-8-24/h4-8,26H,2-3,9-23H2,1H3. The van der Waals surface area contributed by atoms with Crippen LogP contribution in [0.2, 0.25) is 0 Å². The lowest BCUT2D eigenvalue weighted by molar-refractivity contribution is -0.145. The maximum absolute atomic E-state index is 11.5. The molecule has 0 aliphatic rings. The minimum atomic E-state index is -0.203. The normalized spacial score (nSPS) is 11.0. The minimum absolute atomic E-state index is 0.203. The summed E-state index contributed by atoms with van der Waals surface area (Å²) in [6, 6.07) is 9.66. The summed E-state index contributed by atoms with van der Waals surface area (Å²) in [6.45, 7) is 9.40. The van der Waals surface area contributed by atoms with Crippen molar-refractivity contribution in [3.63, 3.8) is 0 Å². The molecule has 0 radical (unpaired) electrons. The zero-order chi connectivity index (χ0) is 24.4. The number of para-hydroxylation sites is 1. The molecule has 34 heavy (non-hydrogen) atoms. The van der Waals surface area contributed by atoms with E-state index in [9.17, 15) is 4.79 Å². The molecule has 0 spiro atoms. The zero-order valence-corrected chi connectivity index (χ0v) is 20.7. The summed E-state index contributed by atoms with van der Waals surface area (Å²) in [7, 11) is 0. The molecule has 196 valence electrons. The molecule has 1 aromatic carbocycles. The Bertz CT molecular complexity index is 561. The van der Waals surface area contributed by atoms with Gasteiger partial charge < -0.3 is 38.5 Å². The summed E-state index contributed by atoms with van der Waals surface area (Å²) in [5, 5.41) is 3.21. The van der Waals surface area contributed by atoms with Crippen molar-refractivity contribution in [1.82, 2.24) is 5.32 Å². The van der Waals surface area contributed by atoms with Gasteiger partial charge in [0.15, 0.2) is 0 Å². The molecule has 0 amide bonds. The monoisotopic (exact) mass is 485 g/mol. The topological polar surface area (TPSA) is 93.7 Å². The highest BCUT2D eigenvalue weighted by molar-refractivity contribution is 5.69. The molecule has 1 N–H and O–H groups in total. The van der Waals surface area contributed by atoms with Crippen molar-refractivity contribution in [1.29, 1.82) is 0 Å². The smallest absolute Gasteiger partial charge is 0.307 e. The van der Waals surface area contributed by atoms with Gasteiger partial charge in [-0.3, -0.25) is 4.79 Å². The molecule has 9 nitrogen and oxygen atoms in total. The molecule has 1 aromatic rings. The molecule has 0 saturated heterocycles. The molecule has 9 heteroatoms. The lowest BCUT2D eigenvalue weighted by Gasteiger charge is -2.09. The number of rotatable bonds is 25. The molecule has 0 saturated carbocycles. The molecule has 0 bridgehead atoms. The summed E-state index contributed by atoms with van der Waals surface area (Å²) in [4.78, 5) is 11.5. The highest BCUT2D eigenvalue weighted by Crippen LogP contribution is 2.07. The van der Waals surface area contributed by atoms with E-state index in [1.165, 1.54) is 0 Å². The minimum Gasteiger partial charge on any atom is -0.491 e. The second-order valence-electron chi connectivity index (χ2n) is 7.30. The lowest BCUT2D eigenvalue weighted by Crippen LogP contribution is -2.21. The predicted octanol–water partition coefficient (Wildman–Crippen LogP) is 2.47. The van der Waals surface area contributed by atoms with Crippen molar-refractivity contribution < 1.29 is 38.0 Å². The number of nitrogens with one attached hydrogen (secondary N) is 1. The fourth-order valence-corrected chi connectivity index (χ4v) is 2.62. The molecular formula is C25H43NO8. The van der Waals surface area contributed by atoms with Crippen LogP contribution in [0.5, 0.6) is 5.75 Å². The van der Waals surface area contributed by atoms with Crippen LogP contribution in [0.1, 0.15) is 26.2 Å². The van der Waals surface area contributed by atoms with Gasteiger partial charge in [0.05, 0.1) is 72.5 Å². The van der Waals surface area contributed by atoms with Gasteiger partial charge in [-0.15, -0.1) is 0 Å². The van der Waals surface area contributed by atoms with Gasteiger partial charge in [-0.1, -0.05) is 31.5 Å². The fourth-order valence-electron chi connectivity index (χ4n) is 2.62. The van der Waals surface area contributed by atoms with Crippen LogP contribution in [0.4, 0.5) is 0 Å². The first-order valence-corrected chi connectivity index (χ1v) is 12.3. The highest BCUT2D eigenvalue weighted by Gasteiger charge is 2.02. The number of carbonyl (C=O) groups excluding carboxylic acids is 1. The Hall–Kier alpha value is -1.75. The van der Waals surface area contributed by atoms with Crippen LogP contribution in [0.15, 0.2) is 30.3 Å². The van der Waals surface area contributed by atoms with Gasteiger partial charge in [0.2, 0.25) is 0 Å². The molecule has 0 aliphatic carbocycles. The average Bonchev–Trinajstić information content (AvgIpc) is 2.86. The largest absolute Gasteiger partial charge is 0.491 e. The van der Waals surface area contributed by atoms with Crippen molar-refractivity contribution in [2.75, 3.05) is 92.4 Å². The van der Waals surface area contributed by atoms with Crippen molar-refractivity contribution in [2.45, 2.75) is 26.2 Å². The number of hydrogen-bond acceptors (Lipinski definition) is 9. The maximum atomic E-state index is 11.5. The van der Waals surface area contributed by atoms with E-state index < -0.39 is 0 Å². The zero-order valence-electron chi connectivity index (χ0n) is 20.7. The number of esters is 1. The van der Waals surface area contributed by atoms with Gasteiger partial charge >= 0.3 is 5.97 Å². The Kier molecular flexibility index (Phi) is 21.7. The summed E-state index contributed by atoms with van der Waals surface area (Å²) < 4.78 is 37.8. The molecule has 0 aromatic heterocycles. The molecule has 0 heterocycles. The molecular weight excluding hydrogens is 442 g/mol. The fraction of sp³-hybridized carbons (Fsp3) is 0.720. The van der Waals surface area contributed by atoms with Crippen molar-refractivity contribution in [3.8, 4) is 5.75 Å². The second kappa shape index (κ2) is 24.4. The van der Waals surface area contributed by atoms with Crippen LogP contribution in [0, 0.1) is 0 Å². The quantitative estimate of drug-likeness (QED) is 0.166. The van der Waals surface area contributed by atoms with Gasteiger partial charge in [0.25, 0.3) is 0 Å². The Labute approximate surface area is 204 Å². The summed E-state index contributed by atoms with van der Waals surface area (Å²) in [5.74, 6) is 0.640. The van der Waals surface area contributed by atoms with E-state index in [-0.39, 0.29) is 12.6 Å². The van der Waals surface area contributed by atoms with Gasteiger partial charge in [-0.2, -0.15) is 0 Å². The molecule has 0 atom stereocenters. The van der Waals surface area contributed by atoms with Gasteiger partial charge in [0.1, 0.15) is 19.0 Å². The van der Waals surface area contributed by atoms with Crippen molar-refractivity contribution in [3.05, 3.63) is 30.3 Å². The van der Waals surface area contributed by atoms with Gasteiger partial charge in [-0.25, -0.2) is 0 Å². The van der Waals surface area contributed by atoms with Crippen LogP contribution in [-0.4, -0.2) is 98.3 Å². The third kappa shape index (κ3) is 20.8. The first-order chi connectivity index (χ1) is 16.8. The number of ether oxygens (including phenoxy) is 7. The Balaban J connectivity index is 1.68. The Morgan fingerprint density at radius 1 is 0.676 bits per heavy atom. The predicted molar refractivity (Wildman–Crippen MR) is 129 cm³/mol. The van der Waals surface area contributed by atoms with Crippen LogP contribution in [0.3, 0.4) is 0 Å². The molecule has 0 aliphatic heterocycles. The van der Waals surface area contributed by atoms with E-state index in [4.69, 9.17) is 33.2 Å². The third-order valence-electron chi connectivity index (χ3n) is 4.43. The Morgan fingerprint density at radius 2 is 1.18 bits per heavy atom. The Morgan fingerprint density at radius 3 is 1.71 bits per heavy atom. The number of unbranched alkanes of at least 4 members (excludes halogenated alkanes) is 1. The van der Waals surface area contributed by atoms with Crippen LogP contribution >= 0.6 is 0 Å². The molecule has 1 rings (SSSR count). The maximum Gasteiger partial charge on any atom is 0.307 e. The van der Waals surface area contributed by atoms with E-state index in [1.54, 1.807) is 0 Å². The summed E-state index contributed by atoms with van der Waals surface area (Å²) >= 11 is 0. The van der Waals surface area contributed by atoms with E-state index in [1.807, 2.05) is 30.3 Å². The van der Waals surface area contributed by atoms with E-state index in [0.717, 1.165) is 25.1 Å². The summed E-state index contributed by atoms with van der Waals surface area (Å²) in [6.07, 6.45) is 2.65. The number of carbonyl (C=O) groups is 1. The second-order valence-corrected chi connectivity index (χ2v) is 7.30. The molecule has 0 fully saturated rings. The third-order valence-corrected chi connectivity index (χ3v) is 4.43. The van der Waals surface area contributed by atoms with Gasteiger partial charge in [0, 0.05) is 6.54 Å².